The van der Waals surface area contributed by atoms with Crippen molar-refractivity contribution < 1.29 is 9.90 Å². The molecule has 3 fully saturated rings. The van der Waals surface area contributed by atoms with Gasteiger partial charge in [0.25, 0.3) is 0 Å². The van der Waals surface area contributed by atoms with Gasteiger partial charge in [-0.05, 0) is 42.7 Å². The van der Waals surface area contributed by atoms with Crippen LogP contribution in [-0.2, 0) is 4.79 Å². The molecule has 3 atom stereocenters. The molecule has 3 saturated carbocycles. The highest BCUT2D eigenvalue weighted by Gasteiger charge is 2.50. The van der Waals surface area contributed by atoms with Crippen molar-refractivity contribution in [2.45, 2.75) is 37.2 Å². The minimum absolute atomic E-state index is 0.0453. The molecule has 0 amide bonds. The molecule has 0 spiro atoms. The Balaban J connectivity index is 1.93. The fraction of sp³-hybridized carbons (Fsp3) is 0.538. The number of ketones is 1. The van der Waals surface area contributed by atoms with Crippen molar-refractivity contribution in [1.29, 1.82) is 0 Å². The largest absolute Gasteiger partial charge is 0.382 e. The van der Waals surface area contributed by atoms with Gasteiger partial charge in [-0.15, -0.1) is 0 Å². The summed E-state index contributed by atoms with van der Waals surface area (Å²) in [5.74, 6) is 0.764. The lowest BCUT2D eigenvalue weighted by Gasteiger charge is -2.46. The minimum atomic E-state index is -1.05. The van der Waals surface area contributed by atoms with Crippen LogP contribution in [0.15, 0.2) is 24.5 Å². The first-order chi connectivity index (χ1) is 7.69. The molecule has 1 aromatic rings. The second kappa shape index (κ2) is 3.39. The summed E-state index contributed by atoms with van der Waals surface area (Å²) in [5.41, 5.74) is 0.119. The molecule has 16 heavy (non-hydrogen) atoms. The van der Waals surface area contributed by atoms with Crippen molar-refractivity contribution in [3.8, 4) is 0 Å². The summed E-state index contributed by atoms with van der Waals surface area (Å²) in [6.07, 6.45) is 6.34. The van der Waals surface area contributed by atoms with Crippen LogP contribution in [0.4, 0.5) is 0 Å². The number of aliphatic hydroxyl groups is 1. The van der Waals surface area contributed by atoms with Gasteiger partial charge in [-0.25, -0.2) is 0 Å². The molecule has 3 nitrogen and oxygen atoms in total. The molecule has 1 N–H and O–H groups in total. The average molecular weight is 217 g/mol. The number of hydrogen-bond donors (Lipinski definition) is 1. The first-order valence-electron chi connectivity index (χ1n) is 5.85. The maximum absolute atomic E-state index is 11.7. The monoisotopic (exact) mass is 217 g/mol. The fourth-order valence-electron chi connectivity index (χ4n) is 3.17. The van der Waals surface area contributed by atoms with Gasteiger partial charge in [-0.2, -0.15) is 0 Å². The molecule has 2 bridgehead atoms. The third-order valence-electron chi connectivity index (χ3n) is 4.13. The SMILES string of the molecule is O=C1CC2CCC1(O)CC2c1cccnc1. The number of pyridine rings is 1. The van der Waals surface area contributed by atoms with E-state index in [9.17, 15) is 9.90 Å². The molecule has 0 aromatic carbocycles. The van der Waals surface area contributed by atoms with Gasteiger partial charge in [0.1, 0.15) is 5.60 Å². The molecule has 1 heterocycles. The summed E-state index contributed by atoms with van der Waals surface area (Å²) in [6.45, 7) is 0. The normalized spacial score (nSPS) is 37.7. The van der Waals surface area contributed by atoms with Crippen LogP contribution in [0.25, 0.3) is 0 Å². The van der Waals surface area contributed by atoms with Crippen molar-refractivity contribution in [2.75, 3.05) is 0 Å². The Hall–Kier alpha value is -1.22. The maximum Gasteiger partial charge on any atom is 0.164 e. The number of aromatic nitrogens is 1. The lowest BCUT2D eigenvalue weighted by molar-refractivity contribution is -0.152. The molecule has 4 rings (SSSR count). The van der Waals surface area contributed by atoms with Gasteiger partial charge in [0.05, 0.1) is 0 Å². The van der Waals surface area contributed by atoms with Crippen molar-refractivity contribution in [2.24, 2.45) is 5.92 Å². The zero-order valence-electron chi connectivity index (χ0n) is 9.10. The third kappa shape index (κ3) is 1.39. The second-order valence-electron chi connectivity index (χ2n) is 5.05. The van der Waals surface area contributed by atoms with Crippen LogP contribution < -0.4 is 0 Å². The van der Waals surface area contributed by atoms with Gasteiger partial charge in [0.2, 0.25) is 0 Å². The number of hydrogen-bond acceptors (Lipinski definition) is 3. The molecule has 3 aliphatic carbocycles. The van der Waals surface area contributed by atoms with Gasteiger partial charge in [-0.3, -0.25) is 9.78 Å². The molecule has 3 unspecified atom stereocenters. The summed E-state index contributed by atoms with van der Waals surface area (Å²) in [7, 11) is 0. The van der Waals surface area contributed by atoms with E-state index in [1.165, 1.54) is 0 Å². The van der Waals surface area contributed by atoms with Crippen molar-refractivity contribution >= 4 is 5.78 Å². The van der Waals surface area contributed by atoms with Gasteiger partial charge in [-0.1, -0.05) is 6.07 Å². The summed E-state index contributed by atoms with van der Waals surface area (Å²) in [4.78, 5) is 15.8. The molecule has 0 aliphatic heterocycles. The average Bonchev–Trinajstić information content (AvgIpc) is 2.32. The highest BCUT2D eigenvalue weighted by molar-refractivity contribution is 5.89. The van der Waals surface area contributed by atoms with E-state index in [1.807, 2.05) is 18.3 Å². The van der Waals surface area contributed by atoms with Gasteiger partial charge < -0.3 is 5.11 Å². The molecule has 3 heteroatoms. The first kappa shape index (κ1) is 9.97. The fourth-order valence-corrected chi connectivity index (χ4v) is 3.17. The zero-order valence-corrected chi connectivity index (χ0v) is 9.10. The van der Waals surface area contributed by atoms with Crippen LogP contribution in [0.3, 0.4) is 0 Å². The van der Waals surface area contributed by atoms with Crippen molar-refractivity contribution in [1.82, 2.24) is 4.98 Å². The van der Waals surface area contributed by atoms with Gasteiger partial charge in [0.15, 0.2) is 5.78 Å². The van der Waals surface area contributed by atoms with Crippen LogP contribution in [0.2, 0.25) is 0 Å². The molecule has 1 aromatic heterocycles. The molecule has 0 radical (unpaired) electrons. The number of fused-ring (bicyclic) bond motifs is 3. The van der Waals surface area contributed by atoms with Crippen LogP contribution in [-0.4, -0.2) is 21.5 Å². The Morgan fingerprint density at radius 1 is 1.50 bits per heavy atom. The van der Waals surface area contributed by atoms with E-state index < -0.39 is 5.60 Å². The number of carbonyl (C=O) groups excluding carboxylic acids is 1. The predicted octanol–water partition coefficient (Wildman–Crippen LogP) is 1.67. The molecule has 0 saturated heterocycles. The van der Waals surface area contributed by atoms with Gasteiger partial charge in [0, 0.05) is 18.8 Å². The number of rotatable bonds is 1. The van der Waals surface area contributed by atoms with E-state index in [4.69, 9.17) is 0 Å². The Morgan fingerprint density at radius 3 is 3.00 bits per heavy atom. The van der Waals surface area contributed by atoms with Crippen LogP contribution >= 0.6 is 0 Å². The first-order valence-corrected chi connectivity index (χ1v) is 5.85. The molecular formula is C13H15NO2. The van der Waals surface area contributed by atoms with Crippen molar-refractivity contribution in [3.63, 3.8) is 0 Å². The van der Waals surface area contributed by atoms with E-state index in [0.29, 0.717) is 31.1 Å². The van der Waals surface area contributed by atoms with E-state index in [1.54, 1.807) is 6.20 Å². The second-order valence-corrected chi connectivity index (χ2v) is 5.05. The van der Waals surface area contributed by atoms with E-state index in [0.717, 1.165) is 12.0 Å². The lowest BCUT2D eigenvalue weighted by Crippen LogP contribution is -2.51. The standard InChI is InChI=1S/C13H15NO2/c15-12-6-9-3-4-13(12,16)7-11(9)10-2-1-5-14-8-10/h1-2,5,8-9,11,16H,3-4,6-7H2. The van der Waals surface area contributed by atoms with E-state index in [2.05, 4.69) is 4.98 Å². The van der Waals surface area contributed by atoms with Crippen LogP contribution in [0, 0.1) is 5.92 Å². The zero-order chi connectivity index (χ0) is 11.2. The van der Waals surface area contributed by atoms with E-state index >= 15 is 0 Å². The summed E-state index contributed by atoms with van der Waals surface area (Å²) >= 11 is 0. The summed E-state index contributed by atoms with van der Waals surface area (Å²) in [6, 6.07) is 3.97. The Bertz CT molecular complexity index is 417. The Morgan fingerprint density at radius 2 is 2.38 bits per heavy atom. The number of Topliss-reactive ketones (excluding diaryl/α,β-unsaturated/α-hetero) is 1. The smallest absolute Gasteiger partial charge is 0.164 e. The van der Waals surface area contributed by atoms with Crippen LogP contribution in [0.5, 0.6) is 0 Å². The highest BCUT2D eigenvalue weighted by atomic mass is 16.3. The van der Waals surface area contributed by atoms with E-state index in [-0.39, 0.29) is 5.78 Å². The lowest BCUT2D eigenvalue weighted by atomic mass is 9.60. The minimum Gasteiger partial charge on any atom is -0.382 e. The Labute approximate surface area is 94.5 Å². The summed E-state index contributed by atoms with van der Waals surface area (Å²) in [5, 5.41) is 10.2. The van der Waals surface area contributed by atoms with Gasteiger partial charge >= 0.3 is 0 Å². The van der Waals surface area contributed by atoms with Crippen LogP contribution in [0.1, 0.15) is 37.2 Å². The third-order valence-corrected chi connectivity index (χ3v) is 4.13. The topological polar surface area (TPSA) is 50.2 Å². The number of nitrogens with zero attached hydrogens (tertiary/aromatic N) is 1. The summed E-state index contributed by atoms with van der Waals surface area (Å²) < 4.78 is 0. The molecular weight excluding hydrogens is 202 g/mol. The number of carbonyl (C=O) groups is 1. The quantitative estimate of drug-likeness (QED) is 0.778. The molecule has 84 valence electrons. The Kier molecular flexibility index (Phi) is 2.11. The highest BCUT2D eigenvalue weighted by Crippen LogP contribution is 2.49. The predicted molar refractivity (Wildman–Crippen MR) is 58.9 cm³/mol. The maximum atomic E-state index is 11.7. The van der Waals surface area contributed by atoms with Crippen molar-refractivity contribution in [3.05, 3.63) is 30.1 Å². The molecule has 3 aliphatic rings.